The van der Waals surface area contributed by atoms with Gasteiger partial charge in [0.25, 0.3) is 0 Å². The van der Waals surface area contributed by atoms with Crippen molar-refractivity contribution in [3.8, 4) is 0 Å². The average molecular weight is 341 g/mol. The van der Waals surface area contributed by atoms with Crippen LogP contribution in [0.4, 0.5) is 0 Å². The molecule has 1 rings (SSSR count). The maximum atomic E-state index is 2.52. The normalized spacial score (nSPS) is 24.9. The smallest absolute Gasteiger partial charge is 0.0148 e. The summed E-state index contributed by atoms with van der Waals surface area (Å²) in [5.41, 5.74) is 0. The molecular weight excluding hydrogens is 329 g/mol. The van der Waals surface area contributed by atoms with Crippen molar-refractivity contribution in [3.63, 3.8) is 0 Å². The summed E-state index contributed by atoms with van der Waals surface area (Å²) in [7, 11) is 11.6. The molecule has 14 heavy (non-hydrogen) atoms. The fourth-order valence-corrected chi connectivity index (χ4v) is 154. The van der Waals surface area contributed by atoms with Crippen LogP contribution in [0.25, 0.3) is 0 Å². The molecule has 10 heteroatoms. The quantitative estimate of drug-likeness (QED) is 0.548. The highest BCUT2D eigenvalue weighted by Gasteiger charge is 2.43. The SMILES string of the molecule is C[Si][Si]1([Si]C)[Si][Si][Si]([Si]C)([Si]C)[Si][Si]1. The summed E-state index contributed by atoms with van der Waals surface area (Å²) in [6, 6.07) is 0. The molecule has 0 bridgehead atoms. The van der Waals surface area contributed by atoms with Crippen LogP contribution >= 0.6 is 0 Å². The Labute approximate surface area is 108 Å². The van der Waals surface area contributed by atoms with Crippen molar-refractivity contribution in [2.24, 2.45) is 0 Å². The Bertz CT molecular complexity index is 141. The molecule has 0 amide bonds. The Kier molecular flexibility index (Phi) is 6.30. The zero-order chi connectivity index (χ0) is 10.7. The third-order valence-corrected chi connectivity index (χ3v) is 111. The van der Waals surface area contributed by atoms with E-state index in [1.807, 2.05) is 0 Å². The molecular formula is C4H12Si10. The van der Waals surface area contributed by atoms with E-state index in [1.54, 1.807) is 0 Å². The molecule has 68 valence electrons. The topological polar surface area (TPSA) is 0 Å². The Morgan fingerprint density at radius 2 is 0.786 bits per heavy atom. The van der Waals surface area contributed by atoms with E-state index in [0.717, 1.165) is 0 Å². The van der Waals surface area contributed by atoms with Crippen LogP contribution in [-0.4, -0.2) is 82.7 Å². The summed E-state index contributed by atoms with van der Waals surface area (Å²) in [5, 5.41) is 0. The predicted molar refractivity (Wildman–Crippen MR) is 81.0 cm³/mol. The maximum Gasteiger partial charge on any atom is 0.0148 e. The van der Waals surface area contributed by atoms with E-state index in [-0.39, 0.29) is 0 Å². The van der Waals surface area contributed by atoms with Crippen molar-refractivity contribution >= 4 is 82.7 Å². The van der Waals surface area contributed by atoms with Gasteiger partial charge in [0.15, 0.2) is 0 Å². The highest BCUT2D eigenvalue weighted by atomic mass is 30.4. The summed E-state index contributed by atoms with van der Waals surface area (Å²) in [5.74, 6) is 0. The lowest BCUT2D eigenvalue weighted by Crippen LogP contribution is -2.78. The van der Waals surface area contributed by atoms with Crippen molar-refractivity contribution in [2.45, 2.75) is 26.2 Å². The summed E-state index contributed by atoms with van der Waals surface area (Å²) < 4.78 is 0. The summed E-state index contributed by atoms with van der Waals surface area (Å²) in [4.78, 5) is 0. The van der Waals surface area contributed by atoms with Crippen molar-refractivity contribution in [1.82, 2.24) is 0 Å². The van der Waals surface area contributed by atoms with Crippen molar-refractivity contribution in [1.29, 1.82) is 0 Å². The minimum absolute atomic E-state index is 0.573. The Hall–Kier alpha value is 2.17. The molecule has 0 unspecified atom stereocenters. The van der Waals surface area contributed by atoms with Crippen LogP contribution in [0.15, 0.2) is 0 Å². The van der Waals surface area contributed by atoms with Gasteiger partial charge < -0.3 is 0 Å². The summed E-state index contributed by atoms with van der Waals surface area (Å²) in [6.07, 6.45) is -1.15. The molecule has 0 N–H and O–H groups in total. The zero-order valence-corrected chi connectivity index (χ0v) is 19.0. The van der Waals surface area contributed by atoms with Gasteiger partial charge in [-0.2, -0.15) is 0 Å². The second-order valence-corrected chi connectivity index (χ2v) is 63.0. The summed E-state index contributed by atoms with van der Waals surface area (Å²) >= 11 is 0. The van der Waals surface area contributed by atoms with E-state index in [9.17, 15) is 0 Å². The molecule has 0 saturated carbocycles. The molecule has 0 atom stereocenters. The van der Waals surface area contributed by atoms with Gasteiger partial charge >= 0.3 is 0 Å². The average Bonchev–Trinajstić information content (AvgIpc) is 2.29. The lowest BCUT2D eigenvalue weighted by atomic mass is 11.9. The van der Waals surface area contributed by atoms with E-state index >= 15 is 0 Å². The first-order valence-electron chi connectivity index (χ1n) is 4.50. The first-order valence-corrected chi connectivity index (χ1v) is 28.5. The van der Waals surface area contributed by atoms with Gasteiger partial charge in [0.1, 0.15) is 0 Å². The van der Waals surface area contributed by atoms with Crippen LogP contribution in [0.3, 0.4) is 0 Å². The molecule has 0 aromatic heterocycles. The molecule has 0 nitrogen and oxygen atoms in total. The molecule has 1 aliphatic rings. The van der Waals surface area contributed by atoms with E-state index in [2.05, 4.69) is 26.2 Å². The van der Waals surface area contributed by atoms with E-state index in [0.29, 0.717) is 0 Å². The van der Waals surface area contributed by atoms with E-state index < -0.39 is 12.3 Å². The van der Waals surface area contributed by atoms with Gasteiger partial charge in [-0.15, -0.1) is 0 Å². The van der Waals surface area contributed by atoms with Crippen LogP contribution in [-0.2, 0) is 0 Å². The standard InChI is InChI=1S/C4H12Si10/c1-5-13(6-2)9-11-14(7-3,8-4)12-10-13/h1-4H3. The van der Waals surface area contributed by atoms with Crippen LogP contribution in [0.5, 0.6) is 0 Å². The first-order chi connectivity index (χ1) is 6.66. The third kappa shape index (κ3) is 3.10. The fourth-order valence-electron chi connectivity index (χ4n) is 1.19. The molecule has 0 spiro atoms. The van der Waals surface area contributed by atoms with Crippen LogP contribution < -0.4 is 0 Å². The molecule has 0 aliphatic carbocycles. The lowest BCUT2D eigenvalue weighted by molar-refractivity contribution is 2.32. The van der Waals surface area contributed by atoms with Gasteiger partial charge in [0, 0.05) is 82.7 Å². The minimum Gasteiger partial charge on any atom is -0.0761 e. The highest BCUT2D eigenvalue weighted by Crippen LogP contribution is 2.07. The Balaban J connectivity index is 2.59. The lowest BCUT2D eigenvalue weighted by Gasteiger charge is -2.41. The van der Waals surface area contributed by atoms with Gasteiger partial charge in [-0.25, -0.2) is 0 Å². The number of rotatable bonds is 4. The summed E-state index contributed by atoms with van der Waals surface area (Å²) in [6.45, 7) is 10.1. The third-order valence-electron chi connectivity index (χ3n) is 2.38. The molecule has 1 saturated heterocycles. The van der Waals surface area contributed by atoms with Crippen LogP contribution in [0.2, 0.25) is 26.2 Å². The molecule has 0 aromatic carbocycles. The first kappa shape index (κ1) is 14.2. The van der Waals surface area contributed by atoms with Gasteiger partial charge in [0.2, 0.25) is 0 Å². The van der Waals surface area contributed by atoms with Gasteiger partial charge in [-0.1, -0.05) is 26.2 Å². The predicted octanol–water partition coefficient (Wildman–Crippen LogP) is -1.47. The van der Waals surface area contributed by atoms with Crippen molar-refractivity contribution in [2.75, 3.05) is 0 Å². The molecule has 1 fully saturated rings. The van der Waals surface area contributed by atoms with Gasteiger partial charge in [-0.3, -0.25) is 0 Å². The molecule has 16 radical (unpaired) electrons. The van der Waals surface area contributed by atoms with Crippen LogP contribution in [0, 0.1) is 0 Å². The van der Waals surface area contributed by atoms with Gasteiger partial charge in [-0.05, 0) is 0 Å². The minimum atomic E-state index is -0.573. The number of hydrogen-bond donors (Lipinski definition) is 0. The largest absolute Gasteiger partial charge is 0.0761 e. The second kappa shape index (κ2) is 6.20. The zero-order valence-electron chi connectivity index (χ0n) is 9.00. The van der Waals surface area contributed by atoms with Crippen molar-refractivity contribution in [3.05, 3.63) is 0 Å². The maximum absolute atomic E-state index is 2.52. The van der Waals surface area contributed by atoms with Gasteiger partial charge in [0.05, 0.1) is 0 Å². The van der Waals surface area contributed by atoms with E-state index in [1.165, 1.54) is 70.4 Å². The molecule has 0 aromatic rings. The van der Waals surface area contributed by atoms with Crippen LogP contribution in [0.1, 0.15) is 0 Å². The second-order valence-electron chi connectivity index (χ2n) is 3.00. The molecule has 1 heterocycles. The van der Waals surface area contributed by atoms with E-state index in [4.69, 9.17) is 0 Å². The Morgan fingerprint density at radius 1 is 0.571 bits per heavy atom. The van der Waals surface area contributed by atoms with Crippen molar-refractivity contribution < 1.29 is 0 Å². The highest BCUT2D eigenvalue weighted by molar-refractivity contribution is 8.13. The monoisotopic (exact) mass is 340 g/mol. The fraction of sp³-hybridized carbons (Fsp3) is 1.00. The number of hydrogen-bond acceptors (Lipinski definition) is 0. The Morgan fingerprint density at radius 3 is 0.929 bits per heavy atom. The molecule has 1 aliphatic heterocycles.